The highest BCUT2D eigenvalue weighted by Gasteiger charge is 2.59. The van der Waals surface area contributed by atoms with E-state index in [1.54, 1.807) is 20.0 Å². The first kappa shape index (κ1) is 36.4. The van der Waals surface area contributed by atoms with Crippen molar-refractivity contribution in [3.8, 4) is 0 Å². The van der Waals surface area contributed by atoms with Gasteiger partial charge < -0.3 is 19.9 Å². The van der Waals surface area contributed by atoms with Crippen LogP contribution >= 0.6 is 31.3 Å². The van der Waals surface area contributed by atoms with E-state index in [0.717, 1.165) is 23.5 Å². The summed E-state index contributed by atoms with van der Waals surface area (Å²) in [4.78, 5) is 37.1. The third-order valence-electron chi connectivity index (χ3n) is 6.54. The highest BCUT2D eigenvalue weighted by molar-refractivity contribution is 8.14. The van der Waals surface area contributed by atoms with Crippen molar-refractivity contribution >= 4 is 47.5 Å². The second-order valence-corrected chi connectivity index (χ2v) is 16.8. The number of quaternary nitrogens is 1. The molecule has 0 aromatic rings. The van der Waals surface area contributed by atoms with Gasteiger partial charge in [0, 0.05) is 28.8 Å². The Kier molecular flexibility index (Phi) is 12.3. The van der Waals surface area contributed by atoms with Gasteiger partial charge in [-0.15, -0.1) is 0 Å². The minimum absolute atomic E-state index is 0.0231. The minimum Gasteiger partial charge on any atom is -0.366 e. The smallest absolute Gasteiger partial charge is 0.366 e. The van der Waals surface area contributed by atoms with Crippen molar-refractivity contribution in [2.75, 3.05) is 31.3 Å². The van der Waals surface area contributed by atoms with Crippen LogP contribution in [0.1, 0.15) is 61.8 Å². The molecule has 244 valence electrons. The van der Waals surface area contributed by atoms with Gasteiger partial charge >= 0.3 is 7.82 Å². The molecule has 0 spiro atoms. The van der Waals surface area contributed by atoms with Crippen LogP contribution in [0, 0.1) is 10.8 Å². The highest BCUT2D eigenvalue weighted by atomic mass is 32.2. The molecule has 3 N–H and O–H groups in total. The van der Waals surface area contributed by atoms with Crippen LogP contribution in [0.5, 0.6) is 0 Å². The zero-order chi connectivity index (χ0) is 32.2. The van der Waals surface area contributed by atoms with Crippen molar-refractivity contribution in [2.24, 2.45) is 16.6 Å². The molecular formula is C28H46N2O10PS2+. The van der Waals surface area contributed by atoms with Crippen LogP contribution in [0.3, 0.4) is 0 Å². The van der Waals surface area contributed by atoms with Gasteiger partial charge in [0.05, 0.1) is 31.6 Å². The number of ether oxygens (including phenoxy) is 3. The van der Waals surface area contributed by atoms with Crippen LogP contribution in [-0.4, -0.2) is 77.8 Å². The molecule has 0 aromatic carbocycles. The Balaban J connectivity index is 1.68. The molecule has 2 fully saturated rings. The van der Waals surface area contributed by atoms with Crippen LogP contribution < -0.4 is 10.6 Å². The first-order valence-electron chi connectivity index (χ1n) is 14.2. The fraction of sp³-hybridized carbons (Fsp3) is 0.750. The van der Waals surface area contributed by atoms with Gasteiger partial charge in [0.1, 0.15) is 18.4 Å². The normalized spacial score (nSPS) is 27.2. The number of allylic oxidation sites excluding steroid dienone is 1. The van der Waals surface area contributed by atoms with Gasteiger partial charge in [-0.05, 0) is 19.9 Å². The van der Waals surface area contributed by atoms with E-state index in [9.17, 15) is 18.9 Å². The number of primary amides is 1. The zero-order valence-electron chi connectivity index (χ0n) is 26.2. The molecule has 3 aliphatic rings. The Hall–Kier alpha value is -1.06. The van der Waals surface area contributed by atoms with Crippen LogP contribution in [0.4, 0.5) is 0 Å². The van der Waals surface area contributed by atoms with Gasteiger partial charge in [-0.3, -0.25) is 32.9 Å². The monoisotopic (exact) mass is 665 g/mol. The van der Waals surface area contributed by atoms with E-state index in [0.29, 0.717) is 16.9 Å². The number of carbonyl (C=O) groups is 3. The Morgan fingerprint density at radius 3 is 2.02 bits per heavy atom. The van der Waals surface area contributed by atoms with Gasteiger partial charge in [-0.1, -0.05) is 65.1 Å². The second-order valence-electron chi connectivity index (χ2n) is 13.0. The van der Waals surface area contributed by atoms with Crippen molar-refractivity contribution < 1.29 is 51.6 Å². The molecule has 5 atom stereocenters. The molecule has 0 radical (unpaired) electrons. The van der Waals surface area contributed by atoms with Crippen LogP contribution in [-0.2, 0) is 46.7 Å². The SMILES string of the molecule is CC1(C)OC2C(COP(=O)(OCCSC(=O)C(C)(C)C)OCCSC(=O)C(C)(C)C)OC([NH+]3C=CCC(C(N)=O)=C3)C2O1. The number of rotatable bonds is 13. The summed E-state index contributed by atoms with van der Waals surface area (Å²) in [7, 11) is -4.14. The molecule has 2 saturated heterocycles. The summed E-state index contributed by atoms with van der Waals surface area (Å²) in [6.07, 6.45) is 3.43. The Morgan fingerprint density at radius 2 is 1.51 bits per heavy atom. The number of phosphoric acid groups is 1. The molecule has 15 heteroatoms. The summed E-state index contributed by atoms with van der Waals surface area (Å²) in [5.74, 6) is -0.919. The van der Waals surface area contributed by atoms with E-state index in [-0.39, 0.29) is 41.6 Å². The Labute approximate surface area is 262 Å². The maximum Gasteiger partial charge on any atom is 0.474 e. The largest absolute Gasteiger partial charge is 0.474 e. The predicted molar refractivity (Wildman–Crippen MR) is 164 cm³/mol. The highest BCUT2D eigenvalue weighted by Crippen LogP contribution is 2.51. The number of fused-ring (bicyclic) bond motifs is 1. The van der Waals surface area contributed by atoms with Gasteiger partial charge in [-0.2, -0.15) is 0 Å². The molecule has 3 heterocycles. The van der Waals surface area contributed by atoms with Crippen molar-refractivity contribution in [1.29, 1.82) is 0 Å². The lowest BCUT2D eigenvalue weighted by atomic mass is 9.99. The molecule has 5 unspecified atom stereocenters. The van der Waals surface area contributed by atoms with E-state index < -0.39 is 54.9 Å². The summed E-state index contributed by atoms with van der Waals surface area (Å²) in [5.41, 5.74) is 4.90. The second kappa shape index (κ2) is 14.6. The van der Waals surface area contributed by atoms with Crippen LogP contribution in [0.25, 0.3) is 0 Å². The summed E-state index contributed by atoms with van der Waals surface area (Å²) in [6, 6.07) is 0. The summed E-state index contributed by atoms with van der Waals surface area (Å²) < 4.78 is 49.3. The third kappa shape index (κ3) is 10.5. The van der Waals surface area contributed by atoms with E-state index >= 15 is 0 Å². The van der Waals surface area contributed by atoms with Gasteiger partial charge in [0.15, 0.2) is 22.1 Å². The Morgan fingerprint density at radius 1 is 0.977 bits per heavy atom. The van der Waals surface area contributed by atoms with Crippen molar-refractivity contribution in [2.45, 2.75) is 92.1 Å². The summed E-state index contributed by atoms with van der Waals surface area (Å²) in [5, 5.41) is -0.0461. The topological polar surface area (TPSA) is 154 Å². The molecular weight excluding hydrogens is 619 g/mol. The average Bonchev–Trinajstić information content (AvgIpc) is 3.39. The van der Waals surface area contributed by atoms with E-state index in [2.05, 4.69) is 0 Å². The number of thioether (sulfide) groups is 2. The zero-order valence-corrected chi connectivity index (χ0v) is 28.7. The standard InChI is InChI=1S/C28H45N2O10PS2/c1-26(2,3)24(32)42-14-12-35-41(34,36-13-15-43-25(33)27(4,5)6)37-17-19-20-21(40-28(7,8)39-20)23(38-19)30-11-9-10-18(16-30)22(29)31/h9,11,16,19-21,23H,10,12-15,17H2,1-8H3,(H2,29,31)/p+1. The van der Waals surface area contributed by atoms with Crippen LogP contribution in [0.2, 0.25) is 0 Å². The van der Waals surface area contributed by atoms with Crippen molar-refractivity contribution in [3.63, 3.8) is 0 Å². The number of hydrogen-bond donors (Lipinski definition) is 2. The quantitative estimate of drug-likeness (QED) is 0.219. The first-order chi connectivity index (χ1) is 19.8. The number of amides is 1. The molecule has 3 rings (SSSR count). The number of phosphoric ester groups is 1. The molecule has 0 aromatic heterocycles. The summed E-state index contributed by atoms with van der Waals surface area (Å²) in [6.45, 7) is 14.2. The van der Waals surface area contributed by atoms with Crippen molar-refractivity contribution in [3.05, 3.63) is 24.0 Å². The molecule has 12 nitrogen and oxygen atoms in total. The van der Waals surface area contributed by atoms with E-state index in [1.165, 1.54) is 0 Å². The van der Waals surface area contributed by atoms with Crippen molar-refractivity contribution in [1.82, 2.24) is 0 Å². The van der Waals surface area contributed by atoms with Gasteiger partial charge in [-0.25, -0.2) is 4.57 Å². The molecule has 3 aliphatic heterocycles. The third-order valence-corrected chi connectivity index (χ3v) is 10.5. The maximum atomic E-state index is 13.7. The molecule has 0 aliphatic carbocycles. The first-order valence-corrected chi connectivity index (χ1v) is 17.7. The van der Waals surface area contributed by atoms with Gasteiger partial charge in [0.25, 0.3) is 0 Å². The lowest BCUT2D eigenvalue weighted by molar-refractivity contribution is -0.853. The molecule has 0 saturated carbocycles. The van der Waals surface area contributed by atoms with Crippen LogP contribution in [0.15, 0.2) is 24.0 Å². The number of nitrogens with two attached hydrogens (primary N) is 1. The number of carbonyl (C=O) groups excluding carboxylic acids is 3. The molecule has 0 bridgehead atoms. The van der Waals surface area contributed by atoms with E-state index in [4.69, 9.17) is 33.5 Å². The van der Waals surface area contributed by atoms with E-state index in [1.807, 2.05) is 53.8 Å². The maximum absolute atomic E-state index is 13.7. The lowest BCUT2D eigenvalue weighted by Gasteiger charge is -2.27. The fourth-order valence-electron chi connectivity index (χ4n) is 4.34. The Bertz CT molecular complexity index is 1110. The number of hydrogen-bond acceptors (Lipinski definition) is 12. The minimum atomic E-state index is -4.14. The fourth-order valence-corrected chi connectivity index (χ4v) is 7.34. The average molecular weight is 666 g/mol. The molecule has 43 heavy (non-hydrogen) atoms. The summed E-state index contributed by atoms with van der Waals surface area (Å²) >= 11 is 2.16. The molecule has 1 amide bonds. The number of nitrogens with one attached hydrogen (secondary N) is 1. The predicted octanol–water partition coefficient (Wildman–Crippen LogP) is 3.17. The lowest BCUT2D eigenvalue weighted by Crippen LogP contribution is -3.09. The van der Waals surface area contributed by atoms with Gasteiger partial charge in [0.2, 0.25) is 12.1 Å².